The molecule has 0 spiro atoms. The van der Waals surface area contributed by atoms with Crippen LogP contribution in [0, 0.1) is 5.82 Å². The van der Waals surface area contributed by atoms with Gasteiger partial charge < -0.3 is 14.7 Å². The molecule has 1 unspecified atom stereocenters. The van der Waals surface area contributed by atoms with Crippen molar-refractivity contribution in [2.45, 2.75) is 18.8 Å². The second-order valence-electron chi connectivity index (χ2n) is 7.31. The number of hydrogen-bond donors (Lipinski definition) is 1. The number of carbonyl (C=O) groups excluding carboxylic acids is 2. The van der Waals surface area contributed by atoms with Crippen LogP contribution in [-0.2, 0) is 4.79 Å². The van der Waals surface area contributed by atoms with Crippen LogP contribution < -0.4 is 5.32 Å². The monoisotopic (exact) mass is 442 g/mol. The number of benzene rings is 2. The van der Waals surface area contributed by atoms with E-state index < -0.39 is 5.91 Å². The maximum Gasteiger partial charge on any atom is 0.253 e. The first kappa shape index (κ1) is 21.0. The maximum atomic E-state index is 13.4. The second-order valence-corrected chi connectivity index (χ2v) is 7.72. The van der Waals surface area contributed by atoms with Crippen LogP contribution in [0.1, 0.15) is 35.0 Å². The highest BCUT2D eigenvalue weighted by Gasteiger charge is 2.29. The Hall–Kier alpha value is -3.26. The van der Waals surface area contributed by atoms with E-state index in [-0.39, 0.29) is 24.2 Å². The molecule has 1 aliphatic heterocycles. The van der Waals surface area contributed by atoms with E-state index in [1.807, 2.05) is 0 Å². The molecule has 1 saturated heterocycles. The fourth-order valence-electron chi connectivity index (χ4n) is 3.56. The van der Waals surface area contributed by atoms with Crippen LogP contribution in [0.15, 0.2) is 53.1 Å². The summed E-state index contributed by atoms with van der Waals surface area (Å²) in [5.74, 6) is -0.371. The molecule has 1 fully saturated rings. The van der Waals surface area contributed by atoms with Gasteiger partial charge in [0.05, 0.1) is 23.0 Å². The third kappa shape index (κ3) is 4.91. The van der Waals surface area contributed by atoms with Gasteiger partial charge >= 0.3 is 0 Å². The van der Waals surface area contributed by atoms with Gasteiger partial charge in [-0.15, -0.1) is 0 Å². The first-order valence-corrected chi connectivity index (χ1v) is 10.3. The molecule has 0 saturated carbocycles. The molecule has 3 aromatic rings. The highest BCUT2D eigenvalue weighted by Crippen LogP contribution is 2.27. The zero-order valence-corrected chi connectivity index (χ0v) is 17.3. The standard InChI is InChI=1S/C22H20ClFN4O3/c23-18-9-2-1-8-17(18)21(30)25-12-19(29)28-10-4-6-15(13-28)22-26-20(27-31-22)14-5-3-7-16(24)11-14/h1-3,5,7-9,11,15H,4,6,10,12-13H2,(H,25,30). The predicted molar refractivity (Wildman–Crippen MR) is 112 cm³/mol. The van der Waals surface area contributed by atoms with Gasteiger partial charge in [0.25, 0.3) is 5.91 Å². The Morgan fingerprint density at radius 1 is 1.23 bits per heavy atom. The summed E-state index contributed by atoms with van der Waals surface area (Å²) in [6.07, 6.45) is 1.56. The lowest BCUT2D eigenvalue weighted by Crippen LogP contribution is -2.44. The van der Waals surface area contributed by atoms with Crippen LogP contribution in [0.25, 0.3) is 11.4 Å². The highest BCUT2D eigenvalue weighted by molar-refractivity contribution is 6.33. The molecular formula is C22H20ClFN4O3. The van der Waals surface area contributed by atoms with Gasteiger partial charge in [0.2, 0.25) is 17.6 Å². The third-order valence-electron chi connectivity index (χ3n) is 5.17. The van der Waals surface area contributed by atoms with E-state index in [1.54, 1.807) is 41.3 Å². The quantitative estimate of drug-likeness (QED) is 0.651. The van der Waals surface area contributed by atoms with Gasteiger partial charge in [-0.1, -0.05) is 41.0 Å². The molecule has 2 amide bonds. The average Bonchev–Trinajstić information content (AvgIpc) is 3.28. The number of carbonyl (C=O) groups is 2. The van der Waals surface area contributed by atoms with Gasteiger partial charge in [0.1, 0.15) is 5.82 Å². The molecule has 7 nitrogen and oxygen atoms in total. The number of aromatic nitrogens is 2. The molecule has 31 heavy (non-hydrogen) atoms. The molecule has 1 N–H and O–H groups in total. The van der Waals surface area contributed by atoms with Gasteiger partial charge in [-0.25, -0.2) is 4.39 Å². The molecule has 0 bridgehead atoms. The van der Waals surface area contributed by atoms with Crippen molar-refractivity contribution in [3.05, 3.63) is 70.8 Å². The Kier molecular flexibility index (Phi) is 6.27. The van der Waals surface area contributed by atoms with Gasteiger partial charge in [-0.3, -0.25) is 9.59 Å². The Labute approximate surface area is 183 Å². The number of nitrogens with one attached hydrogen (secondary N) is 1. The van der Waals surface area contributed by atoms with Crippen molar-refractivity contribution in [3.63, 3.8) is 0 Å². The van der Waals surface area contributed by atoms with E-state index in [4.69, 9.17) is 16.1 Å². The minimum Gasteiger partial charge on any atom is -0.343 e. The van der Waals surface area contributed by atoms with E-state index in [0.29, 0.717) is 41.0 Å². The van der Waals surface area contributed by atoms with Crippen LogP contribution in [0.5, 0.6) is 0 Å². The molecule has 1 aromatic heterocycles. The normalized spacial score (nSPS) is 16.2. The summed E-state index contributed by atoms with van der Waals surface area (Å²) in [6, 6.07) is 12.6. The summed E-state index contributed by atoms with van der Waals surface area (Å²) < 4.78 is 18.8. The summed E-state index contributed by atoms with van der Waals surface area (Å²) in [5, 5.41) is 6.90. The molecule has 160 valence electrons. The van der Waals surface area contributed by atoms with Gasteiger partial charge in [-0.2, -0.15) is 4.98 Å². The molecule has 9 heteroatoms. The fourth-order valence-corrected chi connectivity index (χ4v) is 3.78. The van der Waals surface area contributed by atoms with E-state index in [9.17, 15) is 14.0 Å². The Morgan fingerprint density at radius 2 is 2.06 bits per heavy atom. The summed E-state index contributed by atoms with van der Waals surface area (Å²) in [5.41, 5.74) is 0.852. The van der Waals surface area contributed by atoms with Gasteiger partial charge in [-0.05, 0) is 37.1 Å². The number of likely N-dealkylation sites (tertiary alicyclic amines) is 1. The average molecular weight is 443 g/mol. The molecular weight excluding hydrogens is 423 g/mol. The van der Waals surface area contributed by atoms with Crippen molar-refractivity contribution in [1.82, 2.24) is 20.4 Å². The van der Waals surface area contributed by atoms with Crippen LogP contribution in [0.2, 0.25) is 5.02 Å². The predicted octanol–water partition coefficient (Wildman–Crippen LogP) is 3.67. The smallest absolute Gasteiger partial charge is 0.253 e. The number of hydrogen-bond acceptors (Lipinski definition) is 5. The lowest BCUT2D eigenvalue weighted by Gasteiger charge is -2.31. The number of amides is 2. The number of piperidine rings is 1. The van der Waals surface area contributed by atoms with Crippen LogP contribution in [0.3, 0.4) is 0 Å². The number of rotatable bonds is 5. The van der Waals surface area contributed by atoms with Crippen molar-refractivity contribution in [1.29, 1.82) is 0 Å². The highest BCUT2D eigenvalue weighted by atomic mass is 35.5. The van der Waals surface area contributed by atoms with Crippen molar-refractivity contribution >= 4 is 23.4 Å². The fraction of sp³-hybridized carbons (Fsp3) is 0.273. The van der Waals surface area contributed by atoms with Crippen LogP contribution >= 0.6 is 11.6 Å². The zero-order chi connectivity index (χ0) is 21.8. The second kappa shape index (κ2) is 9.26. The molecule has 2 heterocycles. The SMILES string of the molecule is O=C(NCC(=O)N1CCCC(c2nc(-c3cccc(F)c3)no2)C1)c1ccccc1Cl. The molecule has 4 rings (SSSR count). The summed E-state index contributed by atoms with van der Waals surface area (Å²) in [6.45, 7) is 0.864. The lowest BCUT2D eigenvalue weighted by atomic mass is 9.98. The zero-order valence-electron chi connectivity index (χ0n) is 16.6. The first-order valence-electron chi connectivity index (χ1n) is 9.91. The van der Waals surface area contributed by atoms with Gasteiger partial charge in [0, 0.05) is 18.7 Å². The Morgan fingerprint density at radius 3 is 2.87 bits per heavy atom. The summed E-state index contributed by atoms with van der Waals surface area (Å²) >= 11 is 6.02. The summed E-state index contributed by atoms with van der Waals surface area (Å²) in [4.78, 5) is 31.0. The van der Waals surface area contributed by atoms with Crippen molar-refractivity contribution < 1.29 is 18.5 Å². The minimum absolute atomic E-state index is 0.119. The third-order valence-corrected chi connectivity index (χ3v) is 5.50. The Balaban J connectivity index is 1.37. The molecule has 2 aromatic carbocycles. The maximum absolute atomic E-state index is 13.4. The molecule has 0 radical (unpaired) electrons. The molecule has 0 aliphatic carbocycles. The number of nitrogens with zero attached hydrogens (tertiary/aromatic N) is 3. The van der Waals surface area contributed by atoms with E-state index >= 15 is 0 Å². The van der Waals surface area contributed by atoms with Crippen LogP contribution in [0.4, 0.5) is 4.39 Å². The first-order chi connectivity index (χ1) is 15.0. The van der Waals surface area contributed by atoms with Crippen molar-refractivity contribution in [3.8, 4) is 11.4 Å². The lowest BCUT2D eigenvalue weighted by molar-refractivity contribution is -0.131. The topological polar surface area (TPSA) is 88.3 Å². The summed E-state index contributed by atoms with van der Waals surface area (Å²) in [7, 11) is 0. The van der Waals surface area contributed by atoms with Gasteiger partial charge in [0.15, 0.2) is 0 Å². The molecule has 1 atom stereocenters. The van der Waals surface area contributed by atoms with Crippen LogP contribution in [-0.4, -0.2) is 46.5 Å². The van der Waals surface area contributed by atoms with Crippen molar-refractivity contribution in [2.75, 3.05) is 19.6 Å². The van der Waals surface area contributed by atoms with E-state index in [1.165, 1.54) is 12.1 Å². The number of halogens is 2. The largest absolute Gasteiger partial charge is 0.343 e. The minimum atomic E-state index is -0.399. The van der Waals surface area contributed by atoms with E-state index in [2.05, 4.69) is 15.5 Å². The van der Waals surface area contributed by atoms with E-state index in [0.717, 1.165) is 12.8 Å². The molecule has 1 aliphatic rings. The Bertz CT molecular complexity index is 1100. The van der Waals surface area contributed by atoms with Crippen molar-refractivity contribution in [2.24, 2.45) is 0 Å².